The van der Waals surface area contributed by atoms with Crippen LogP contribution in [0.1, 0.15) is 16.8 Å². The zero-order valence-corrected chi connectivity index (χ0v) is 11.0. The number of aromatic nitrogens is 2. The van der Waals surface area contributed by atoms with Crippen LogP contribution in [0.25, 0.3) is 0 Å². The Morgan fingerprint density at radius 2 is 2.25 bits per heavy atom. The Morgan fingerprint density at radius 3 is 2.85 bits per heavy atom. The number of nitrogens with one attached hydrogen (secondary N) is 1. The smallest absolute Gasteiger partial charge is 0.170 e. The van der Waals surface area contributed by atoms with Gasteiger partial charge in [-0.1, -0.05) is 17.3 Å². The van der Waals surface area contributed by atoms with Gasteiger partial charge in [-0.2, -0.15) is 5.10 Å². The summed E-state index contributed by atoms with van der Waals surface area (Å²) in [5.41, 5.74) is 7.28. The van der Waals surface area contributed by atoms with E-state index in [1.807, 2.05) is 13.1 Å². The number of hydrogen-bond donors (Lipinski definition) is 3. The number of halogens is 1. The molecule has 0 spiro atoms. The SMILES string of the molecule is Cn1nccc1CNCc1ccc(C(N)=NO)cc1F. The van der Waals surface area contributed by atoms with E-state index in [0.29, 0.717) is 24.2 Å². The summed E-state index contributed by atoms with van der Waals surface area (Å²) >= 11 is 0. The van der Waals surface area contributed by atoms with Crippen molar-refractivity contribution >= 4 is 5.84 Å². The van der Waals surface area contributed by atoms with Crippen LogP contribution in [-0.2, 0) is 20.1 Å². The van der Waals surface area contributed by atoms with Gasteiger partial charge in [0.2, 0.25) is 0 Å². The molecule has 0 saturated heterocycles. The summed E-state index contributed by atoms with van der Waals surface area (Å²) in [4.78, 5) is 0. The highest BCUT2D eigenvalue weighted by Crippen LogP contribution is 2.10. The summed E-state index contributed by atoms with van der Waals surface area (Å²) in [6.45, 7) is 0.978. The lowest BCUT2D eigenvalue weighted by Crippen LogP contribution is -2.17. The molecule has 0 amide bonds. The van der Waals surface area contributed by atoms with Crippen molar-refractivity contribution in [1.29, 1.82) is 0 Å². The van der Waals surface area contributed by atoms with Crippen molar-refractivity contribution in [3.8, 4) is 0 Å². The van der Waals surface area contributed by atoms with Crippen molar-refractivity contribution in [2.75, 3.05) is 0 Å². The summed E-state index contributed by atoms with van der Waals surface area (Å²) in [5.74, 6) is -0.509. The zero-order chi connectivity index (χ0) is 14.5. The normalized spacial score (nSPS) is 11.8. The molecule has 0 aliphatic heterocycles. The van der Waals surface area contributed by atoms with Crippen LogP contribution in [0.5, 0.6) is 0 Å². The maximum atomic E-state index is 13.8. The maximum absolute atomic E-state index is 13.8. The summed E-state index contributed by atoms with van der Waals surface area (Å²) in [6, 6.07) is 6.36. The highest BCUT2D eigenvalue weighted by molar-refractivity contribution is 5.97. The van der Waals surface area contributed by atoms with Gasteiger partial charge in [0.15, 0.2) is 5.84 Å². The third kappa shape index (κ3) is 3.12. The van der Waals surface area contributed by atoms with Gasteiger partial charge < -0.3 is 16.3 Å². The van der Waals surface area contributed by atoms with Crippen LogP contribution in [0.3, 0.4) is 0 Å². The molecule has 106 valence electrons. The molecule has 0 aliphatic rings. The minimum atomic E-state index is -0.397. The van der Waals surface area contributed by atoms with Crippen LogP contribution in [0, 0.1) is 5.82 Å². The number of nitrogens with zero attached hydrogens (tertiary/aromatic N) is 3. The van der Waals surface area contributed by atoms with E-state index in [1.54, 1.807) is 23.0 Å². The van der Waals surface area contributed by atoms with Crippen molar-refractivity contribution in [2.45, 2.75) is 13.1 Å². The van der Waals surface area contributed by atoms with Crippen molar-refractivity contribution in [3.05, 3.63) is 53.1 Å². The topological polar surface area (TPSA) is 88.5 Å². The van der Waals surface area contributed by atoms with Gasteiger partial charge in [0, 0.05) is 37.5 Å². The van der Waals surface area contributed by atoms with E-state index in [-0.39, 0.29) is 5.84 Å². The van der Waals surface area contributed by atoms with Crippen LogP contribution >= 0.6 is 0 Å². The van der Waals surface area contributed by atoms with Gasteiger partial charge in [0.1, 0.15) is 5.82 Å². The fourth-order valence-corrected chi connectivity index (χ4v) is 1.81. The van der Waals surface area contributed by atoms with Crippen LogP contribution in [0.15, 0.2) is 35.6 Å². The Kier molecular flexibility index (Phi) is 4.31. The molecule has 0 unspecified atom stereocenters. The number of benzene rings is 1. The Bertz CT molecular complexity index is 623. The molecule has 0 saturated carbocycles. The quantitative estimate of drug-likeness (QED) is 0.328. The Hall–Kier alpha value is -2.41. The minimum Gasteiger partial charge on any atom is -0.409 e. The van der Waals surface area contributed by atoms with Gasteiger partial charge in [0.05, 0.1) is 5.69 Å². The first-order valence-electron chi connectivity index (χ1n) is 6.05. The summed E-state index contributed by atoms with van der Waals surface area (Å²) in [7, 11) is 1.85. The Balaban J connectivity index is 1.98. The summed E-state index contributed by atoms with van der Waals surface area (Å²) < 4.78 is 15.6. The highest BCUT2D eigenvalue weighted by Gasteiger charge is 2.06. The standard InChI is InChI=1S/C13H16FN5O/c1-19-11(4-5-17-19)8-16-7-10-3-2-9(6-12(10)14)13(15)18-20/h2-6,16,20H,7-8H2,1H3,(H2,15,18). The predicted octanol–water partition coefficient (Wildman–Crippen LogP) is 0.944. The number of nitrogens with two attached hydrogens (primary N) is 1. The van der Waals surface area contributed by atoms with E-state index in [2.05, 4.69) is 15.6 Å². The highest BCUT2D eigenvalue weighted by atomic mass is 19.1. The molecule has 6 nitrogen and oxygen atoms in total. The third-order valence-electron chi connectivity index (χ3n) is 3.00. The Labute approximate surface area is 115 Å². The number of oxime groups is 1. The molecule has 4 N–H and O–H groups in total. The van der Waals surface area contributed by atoms with Gasteiger partial charge in [-0.15, -0.1) is 0 Å². The van der Waals surface area contributed by atoms with Crippen LogP contribution in [-0.4, -0.2) is 20.8 Å². The van der Waals surface area contributed by atoms with Crippen molar-refractivity contribution < 1.29 is 9.60 Å². The molecule has 2 aromatic rings. The monoisotopic (exact) mass is 277 g/mol. The molecule has 0 bridgehead atoms. The molecule has 0 aliphatic carbocycles. The average molecular weight is 277 g/mol. The molecule has 7 heteroatoms. The second-order valence-corrected chi connectivity index (χ2v) is 4.34. The van der Waals surface area contributed by atoms with E-state index in [1.165, 1.54) is 6.07 Å². The number of hydrogen-bond acceptors (Lipinski definition) is 4. The van der Waals surface area contributed by atoms with Crippen LogP contribution in [0.2, 0.25) is 0 Å². The van der Waals surface area contributed by atoms with Crippen molar-refractivity contribution in [1.82, 2.24) is 15.1 Å². The molecular formula is C13H16FN5O. The lowest BCUT2D eigenvalue weighted by Gasteiger charge is -2.07. The van der Waals surface area contributed by atoms with E-state index in [0.717, 1.165) is 5.69 Å². The number of aryl methyl sites for hydroxylation is 1. The maximum Gasteiger partial charge on any atom is 0.170 e. The molecular weight excluding hydrogens is 261 g/mol. The molecule has 20 heavy (non-hydrogen) atoms. The first kappa shape index (κ1) is 14.0. The molecule has 1 heterocycles. The minimum absolute atomic E-state index is 0.113. The third-order valence-corrected chi connectivity index (χ3v) is 3.00. The second-order valence-electron chi connectivity index (χ2n) is 4.34. The van der Waals surface area contributed by atoms with Gasteiger partial charge in [-0.3, -0.25) is 4.68 Å². The average Bonchev–Trinajstić information content (AvgIpc) is 2.85. The largest absolute Gasteiger partial charge is 0.409 e. The van der Waals surface area contributed by atoms with Gasteiger partial charge >= 0.3 is 0 Å². The van der Waals surface area contributed by atoms with Gasteiger partial charge in [-0.05, 0) is 12.1 Å². The van der Waals surface area contributed by atoms with Crippen LogP contribution < -0.4 is 11.1 Å². The predicted molar refractivity (Wildman–Crippen MR) is 72.7 cm³/mol. The second kappa shape index (κ2) is 6.16. The van der Waals surface area contributed by atoms with E-state index < -0.39 is 5.82 Å². The first-order chi connectivity index (χ1) is 9.61. The number of amidine groups is 1. The molecule has 1 aromatic carbocycles. The first-order valence-corrected chi connectivity index (χ1v) is 6.05. The van der Waals surface area contributed by atoms with Crippen LogP contribution in [0.4, 0.5) is 4.39 Å². The fraction of sp³-hybridized carbons (Fsp3) is 0.231. The van der Waals surface area contributed by atoms with E-state index in [9.17, 15) is 4.39 Å². The van der Waals surface area contributed by atoms with E-state index in [4.69, 9.17) is 10.9 Å². The molecule has 1 aromatic heterocycles. The molecule has 2 rings (SSSR count). The summed E-state index contributed by atoms with van der Waals surface area (Å²) in [6.07, 6.45) is 1.71. The fourth-order valence-electron chi connectivity index (χ4n) is 1.81. The summed E-state index contributed by atoms with van der Waals surface area (Å²) in [5, 5.41) is 18.6. The molecule has 0 atom stereocenters. The Morgan fingerprint density at radius 1 is 1.45 bits per heavy atom. The van der Waals surface area contributed by atoms with Crippen molar-refractivity contribution in [3.63, 3.8) is 0 Å². The molecule has 0 radical (unpaired) electrons. The van der Waals surface area contributed by atoms with E-state index >= 15 is 0 Å². The number of rotatable bonds is 5. The lowest BCUT2D eigenvalue weighted by atomic mass is 10.1. The molecule has 0 fully saturated rings. The van der Waals surface area contributed by atoms with Gasteiger partial charge in [-0.25, -0.2) is 4.39 Å². The lowest BCUT2D eigenvalue weighted by molar-refractivity contribution is 0.318. The zero-order valence-electron chi connectivity index (χ0n) is 11.0. The van der Waals surface area contributed by atoms with Crippen molar-refractivity contribution in [2.24, 2.45) is 17.9 Å². The van der Waals surface area contributed by atoms with Gasteiger partial charge in [0.25, 0.3) is 0 Å².